The van der Waals surface area contributed by atoms with Gasteiger partial charge in [0, 0.05) is 24.2 Å². The van der Waals surface area contributed by atoms with Crippen LogP contribution in [0.15, 0.2) is 30.3 Å². The molecular weight excluding hydrogens is 386 g/mol. The summed E-state index contributed by atoms with van der Waals surface area (Å²) in [6.45, 7) is 5.76. The lowest BCUT2D eigenvalue weighted by Gasteiger charge is -2.22. The lowest BCUT2D eigenvalue weighted by molar-refractivity contribution is 0.0985. The van der Waals surface area contributed by atoms with Gasteiger partial charge in [-0.3, -0.25) is 9.69 Å². The second-order valence-electron chi connectivity index (χ2n) is 7.60. The highest BCUT2D eigenvalue weighted by Gasteiger charge is 2.24. The van der Waals surface area contributed by atoms with Gasteiger partial charge in [-0.1, -0.05) is 29.0 Å². The lowest BCUT2D eigenvalue weighted by Crippen LogP contribution is -2.33. The molecule has 3 aromatic rings. The van der Waals surface area contributed by atoms with Crippen molar-refractivity contribution in [1.29, 1.82) is 0 Å². The van der Waals surface area contributed by atoms with Gasteiger partial charge in [0.05, 0.1) is 10.2 Å². The van der Waals surface area contributed by atoms with Gasteiger partial charge in [-0.25, -0.2) is 4.98 Å². The zero-order valence-electron chi connectivity index (χ0n) is 17.2. The summed E-state index contributed by atoms with van der Waals surface area (Å²) in [6.07, 6.45) is 0.863. The van der Waals surface area contributed by atoms with Crippen LogP contribution in [0.4, 0.5) is 5.13 Å². The van der Waals surface area contributed by atoms with Gasteiger partial charge >= 0.3 is 0 Å². The van der Waals surface area contributed by atoms with E-state index in [-0.39, 0.29) is 12.7 Å². The first-order valence-electron chi connectivity index (χ1n) is 9.66. The summed E-state index contributed by atoms with van der Waals surface area (Å²) in [7, 11) is 4.07. The number of anilines is 1. The topological polar surface area (TPSA) is 54.9 Å². The normalized spacial score (nSPS) is 12.7. The molecule has 4 rings (SSSR count). The SMILES string of the molecule is Cc1ccc(C(=O)N(CCCN(C)C)c2nc3cc4c(cc3s2)OCO4)c(C)c1. The molecule has 0 radical (unpaired) electrons. The van der Waals surface area contributed by atoms with E-state index in [1.807, 2.05) is 58.3 Å². The highest BCUT2D eigenvalue weighted by molar-refractivity contribution is 7.22. The van der Waals surface area contributed by atoms with Gasteiger partial charge < -0.3 is 14.4 Å². The van der Waals surface area contributed by atoms with Crippen molar-refractivity contribution in [1.82, 2.24) is 9.88 Å². The number of hydrogen-bond acceptors (Lipinski definition) is 6. The van der Waals surface area contributed by atoms with Crippen molar-refractivity contribution in [2.45, 2.75) is 20.3 Å². The van der Waals surface area contributed by atoms with E-state index < -0.39 is 0 Å². The van der Waals surface area contributed by atoms with Crippen LogP contribution in [0.1, 0.15) is 27.9 Å². The van der Waals surface area contributed by atoms with Gasteiger partial charge in [-0.05, 0) is 52.5 Å². The Balaban J connectivity index is 1.69. The van der Waals surface area contributed by atoms with Crippen LogP contribution in [0.2, 0.25) is 0 Å². The van der Waals surface area contributed by atoms with Crippen molar-refractivity contribution < 1.29 is 14.3 Å². The van der Waals surface area contributed by atoms with E-state index in [1.165, 1.54) is 11.3 Å². The Morgan fingerprint density at radius 3 is 2.59 bits per heavy atom. The Morgan fingerprint density at radius 2 is 1.86 bits per heavy atom. The molecule has 6 nitrogen and oxygen atoms in total. The highest BCUT2D eigenvalue weighted by atomic mass is 32.1. The summed E-state index contributed by atoms with van der Waals surface area (Å²) in [5.74, 6) is 1.42. The fourth-order valence-corrected chi connectivity index (χ4v) is 4.45. The Morgan fingerprint density at radius 1 is 1.10 bits per heavy atom. The quantitative estimate of drug-likeness (QED) is 0.607. The molecule has 0 bridgehead atoms. The second kappa shape index (κ2) is 8.00. The van der Waals surface area contributed by atoms with E-state index >= 15 is 0 Å². The molecule has 0 saturated heterocycles. The number of amides is 1. The van der Waals surface area contributed by atoms with Crippen LogP contribution in [0.3, 0.4) is 0 Å². The minimum atomic E-state index is -0.0136. The Bertz CT molecular complexity index is 1020. The van der Waals surface area contributed by atoms with E-state index in [9.17, 15) is 4.79 Å². The van der Waals surface area contributed by atoms with Crippen LogP contribution in [-0.4, -0.2) is 49.8 Å². The molecular formula is C22H25N3O3S. The Hall–Kier alpha value is -2.64. The van der Waals surface area contributed by atoms with E-state index in [0.29, 0.717) is 23.0 Å². The van der Waals surface area contributed by atoms with Crippen LogP contribution in [0, 0.1) is 13.8 Å². The molecule has 2 aromatic carbocycles. The fourth-order valence-electron chi connectivity index (χ4n) is 3.45. The molecule has 1 amide bonds. The molecule has 2 heterocycles. The Labute approximate surface area is 174 Å². The van der Waals surface area contributed by atoms with E-state index in [4.69, 9.17) is 14.5 Å². The van der Waals surface area contributed by atoms with Crippen LogP contribution in [-0.2, 0) is 0 Å². The molecule has 0 fully saturated rings. The molecule has 0 aliphatic carbocycles. The summed E-state index contributed by atoms with van der Waals surface area (Å²) < 4.78 is 11.9. The number of ether oxygens (including phenoxy) is 2. The molecule has 1 aliphatic rings. The molecule has 29 heavy (non-hydrogen) atoms. The third-order valence-corrected chi connectivity index (χ3v) is 5.99. The molecule has 0 unspecified atom stereocenters. The summed E-state index contributed by atoms with van der Waals surface area (Å²) in [5.41, 5.74) is 3.66. The van der Waals surface area contributed by atoms with Crippen LogP contribution in [0.25, 0.3) is 10.2 Å². The van der Waals surface area contributed by atoms with Crippen molar-refractivity contribution in [3.8, 4) is 11.5 Å². The molecule has 0 N–H and O–H groups in total. The number of rotatable bonds is 6. The van der Waals surface area contributed by atoms with Gasteiger partial charge in [0.15, 0.2) is 16.6 Å². The monoisotopic (exact) mass is 411 g/mol. The number of aryl methyl sites for hydroxylation is 2. The third kappa shape index (κ3) is 4.06. The predicted molar refractivity (Wildman–Crippen MR) is 117 cm³/mol. The van der Waals surface area contributed by atoms with Gasteiger partial charge in [0.1, 0.15) is 0 Å². The van der Waals surface area contributed by atoms with Crippen molar-refractivity contribution in [2.75, 3.05) is 38.9 Å². The molecule has 1 aliphatic heterocycles. The first kappa shape index (κ1) is 19.7. The molecule has 7 heteroatoms. The first-order chi connectivity index (χ1) is 13.9. The summed E-state index contributed by atoms with van der Waals surface area (Å²) in [4.78, 5) is 22.1. The van der Waals surface area contributed by atoms with Crippen molar-refractivity contribution in [2.24, 2.45) is 0 Å². The highest BCUT2D eigenvalue weighted by Crippen LogP contribution is 2.40. The molecule has 0 spiro atoms. The van der Waals surface area contributed by atoms with Crippen molar-refractivity contribution >= 4 is 32.6 Å². The summed E-state index contributed by atoms with van der Waals surface area (Å²) in [6, 6.07) is 9.77. The number of benzene rings is 2. The van der Waals surface area contributed by atoms with Gasteiger partial charge in [0.25, 0.3) is 5.91 Å². The van der Waals surface area contributed by atoms with Crippen molar-refractivity contribution in [3.63, 3.8) is 0 Å². The number of nitrogens with zero attached hydrogens (tertiary/aromatic N) is 3. The number of carbonyl (C=O) groups excluding carboxylic acids is 1. The van der Waals surface area contributed by atoms with E-state index in [0.717, 1.165) is 40.1 Å². The zero-order chi connectivity index (χ0) is 20.5. The average molecular weight is 412 g/mol. The van der Waals surface area contributed by atoms with Crippen LogP contribution >= 0.6 is 11.3 Å². The molecule has 0 atom stereocenters. The standard InChI is InChI=1S/C22H25N3O3S/c1-14-6-7-16(15(2)10-14)21(26)25(9-5-8-24(3)4)22-23-17-11-18-19(28-13-27-18)12-20(17)29-22/h6-7,10-12H,5,8-9,13H2,1-4H3. The summed E-state index contributed by atoms with van der Waals surface area (Å²) in [5, 5.41) is 0.701. The van der Waals surface area contributed by atoms with Crippen LogP contribution < -0.4 is 14.4 Å². The third-order valence-electron chi connectivity index (χ3n) is 4.95. The second-order valence-corrected chi connectivity index (χ2v) is 8.61. The molecule has 152 valence electrons. The number of carbonyl (C=O) groups is 1. The van der Waals surface area contributed by atoms with E-state index in [2.05, 4.69) is 4.90 Å². The smallest absolute Gasteiger partial charge is 0.260 e. The maximum Gasteiger partial charge on any atom is 0.260 e. The minimum absolute atomic E-state index is 0.0136. The summed E-state index contributed by atoms with van der Waals surface area (Å²) >= 11 is 1.51. The average Bonchev–Trinajstić information content (AvgIpc) is 3.28. The van der Waals surface area contributed by atoms with E-state index in [1.54, 1.807) is 4.90 Å². The van der Waals surface area contributed by atoms with Crippen molar-refractivity contribution in [3.05, 3.63) is 47.0 Å². The number of thiazole rings is 1. The lowest BCUT2D eigenvalue weighted by atomic mass is 10.0. The van der Waals surface area contributed by atoms with Gasteiger partial charge in [-0.2, -0.15) is 0 Å². The first-order valence-corrected chi connectivity index (χ1v) is 10.5. The fraction of sp³-hybridized carbons (Fsp3) is 0.364. The number of hydrogen-bond donors (Lipinski definition) is 0. The number of aromatic nitrogens is 1. The Kier molecular flexibility index (Phi) is 5.43. The van der Waals surface area contributed by atoms with Crippen LogP contribution in [0.5, 0.6) is 11.5 Å². The maximum absolute atomic E-state index is 13.5. The number of fused-ring (bicyclic) bond motifs is 2. The van der Waals surface area contributed by atoms with Gasteiger partial charge in [0.2, 0.25) is 6.79 Å². The largest absolute Gasteiger partial charge is 0.454 e. The zero-order valence-corrected chi connectivity index (χ0v) is 18.0. The predicted octanol–water partition coefficient (Wildman–Crippen LogP) is 4.24. The molecule has 0 saturated carbocycles. The minimum Gasteiger partial charge on any atom is -0.454 e. The maximum atomic E-state index is 13.5. The molecule has 1 aromatic heterocycles. The van der Waals surface area contributed by atoms with Gasteiger partial charge in [-0.15, -0.1) is 0 Å².